The van der Waals surface area contributed by atoms with E-state index >= 15 is 0 Å². The van der Waals surface area contributed by atoms with Crippen LogP contribution in [0.2, 0.25) is 5.23 Å². The van der Waals surface area contributed by atoms with E-state index in [4.69, 9.17) is 6.64 Å². The summed E-state index contributed by atoms with van der Waals surface area (Å²) in [5.74, 6) is 0. The monoisotopic (exact) mass is 230 g/mol. The first kappa shape index (κ1) is 11.9. The topological polar surface area (TPSA) is 18.5 Å². The van der Waals surface area contributed by atoms with Crippen LogP contribution in [0.25, 0.3) is 0 Å². The first-order valence-electron chi connectivity index (χ1n) is 5.06. The summed E-state index contributed by atoms with van der Waals surface area (Å²) in [6.07, 6.45) is 0. The quantitative estimate of drug-likeness (QED) is 0.723. The molecule has 0 spiro atoms. The second kappa shape index (κ2) is 5.67. The zero-order chi connectivity index (χ0) is 10.4. The normalized spacial score (nSPS) is 11.6. The van der Waals surface area contributed by atoms with E-state index in [1.54, 1.807) is 0 Å². The summed E-state index contributed by atoms with van der Waals surface area (Å²) < 4.78 is 12.9. The van der Waals surface area contributed by atoms with Gasteiger partial charge in [-0.25, -0.2) is 0 Å². The van der Waals surface area contributed by atoms with Crippen LogP contribution in [0, 0.1) is 0 Å². The summed E-state index contributed by atoms with van der Waals surface area (Å²) in [7, 11) is 0. The van der Waals surface area contributed by atoms with E-state index in [0.29, 0.717) is 0 Å². The van der Waals surface area contributed by atoms with Gasteiger partial charge in [-0.2, -0.15) is 0 Å². The molecule has 0 saturated carbocycles. The number of benzene rings is 1. The molecule has 0 aliphatic heterocycles. The van der Waals surface area contributed by atoms with Crippen LogP contribution in [-0.4, -0.2) is 13.2 Å². The van der Waals surface area contributed by atoms with Gasteiger partial charge in [0.1, 0.15) is 0 Å². The van der Waals surface area contributed by atoms with Crippen molar-refractivity contribution in [2.45, 2.75) is 19.1 Å². The van der Waals surface area contributed by atoms with Crippen molar-refractivity contribution in [2.75, 3.05) is 13.2 Å². The summed E-state index contributed by atoms with van der Waals surface area (Å²) >= 11 is -2.66. The number of hydrogen-bond donors (Lipinski definition) is 0. The molecule has 0 aliphatic rings. The Morgan fingerprint density at radius 2 is 1.50 bits per heavy atom. The van der Waals surface area contributed by atoms with Gasteiger partial charge >= 0.3 is 90.5 Å². The van der Waals surface area contributed by atoms with Gasteiger partial charge < -0.3 is 0 Å². The van der Waals surface area contributed by atoms with Crippen molar-refractivity contribution >= 4 is 3.87 Å². The van der Waals surface area contributed by atoms with Gasteiger partial charge in [-0.1, -0.05) is 0 Å². The van der Waals surface area contributed by atoms with Crippen molar-refractivity contribution in [2.24, 2.45) is 0 Å². The molecular weight excluding hydrogens is 212 g/mol. The molecule has 0 aliphatic carbocycles. The number of rotatable bonds is 5. The maximum atomic E-state index is 5.82. The average Bonchev–Trinajstić information content (AvgIpc) is 2.20. The van der Waals surface area contributed by atoms with E-state index in [1.165, 1.54) is 3.87 Å². The van der Waals surface area contributed by atoms with Gasteiger partial charge in [-0.3, -0.25) is 0 Å². The third kappa shape index (κ3) is 2.92. The van der Waals surface area contributed by atoms with Gasteiger partial charge in [0.05, 0.1) is 0 Å². The molecule has 78 valence electrons. The van der Waals surface area contributed by atoms with Crippen molar-refractivity contribution in [3.8, 4) is 0 Å². The molecule has 1 rings (SSSR count). The zero-order valence-electron chi connectivity index (χ0n) is 9.12. The van der Waals surface area contributed by atoms with Crippen molar-refractivity contribution in [3.05, 3.63) is 30.3 Å². The van der Waals surface area contributed by atoms with Crippen molar-refractivity contribution < 1.29 is 24.0 Å². The van der Waals surface area contributed by atoms with Crippen molar-refractivity contribution in [1.82, 2.24) is 0 Å². The Labute approximate surface area is 90.5 Å². The third-order valence-electron chi connectivity index (χ3n) is 2.14. The van der Waals surface area contributed by atoms with Crippen LogP contribution in [0.4, 0.5) is 0 Å². The molecule has 3 heteroatoms. The summed E-state index contributed by atoms with van der Waals surface area (Å²) in [6, 6.07) is 10.3. The minimum absolute atomic E-state index is 0.728. The molecule has 0 N–H and O–H groups in total. The molecule has 2 nitrogen and oxygen atoms in total. The van der Waals surface area contributed by atoms with Crippen LogP contribution in [0.3, 0.4) is 0 Å². The molecule has 0 fully saturated rings. The molecule has 0 heterocycles. The molecule has 0 amide bonds. The predicted octanol–water partition coefficient (Wildman–Crippen LogP) is 2.42. The van der Waals surface area contributed by atoms with E-state index < -0.39 is 17.4 Å². The fourth-order valence-electron chi connectivity index (χ4n) is 1.50. The van der Waals surface area contributed by atoms with Crippen LogP contribution in [-0.2, 0) is 24.0 Å². The fraction of sp³-hybridized carbons (Fsp3) is 0.455. The van der Waals surface area contributed by atoms with Crippen LogP contribution >= 0.6 is 0 Å². The summed E-state index contributed by atoms with van der Waals surface area (Å²) in [5.41, 5.74) is 0. The Morgan fingerprint density at radius 1 is 1.00 bits per heavy atom. The Kier molecular flexibility index (Phi) is 4.83. The molecule has 0 radical (unpaired) electrons. The zero-order valence-corrected chi connectivity index (χ0v) is 10.7. The molecular formula is C11H18O2Ti. The molecule has 0 unspecified atom stereocenters. The fourth-order valence-corrected chi connectivity index (χ4v) is 5.12. The van der Waals surface area contributed by atoms with Gasteiger partial charge in [0.2, 0.25) is 0 Å². The van der Waals surface area contributed by atoms with Gasteiger partial charge in [0, 0.05) is 0 Å². The van der Waals surface area contributed by atoms with E-state index in [0.717, 1.165) is 13.2 Å². The van der Waals surface area contributed by atoms with Crippen LogP contribution in [0.15, 0.2) is 30.3 Å². The van der Waals surface area contributed by atoms with Crippen molar-refractivity contribution in [3.63, 3.8) is 0 Å². The Hall–Kier alpha value is -0.146. The first-order valence-corrected chi connectivity index (χ1v) is 8.68. The molecule has 1 aromatic carbocycles. The van der Waals surface area contributed by atoms with Crippen LogP contribution < -0.4 is 3.87 Å². The van der Waals surface area contributed by atoms with E-state index in [2.05, 4.69) is 17.4 Å². The Morgan fingerprint density at radius 3 is 1.93 bits per heavy atom. The average molecular weight is 230 g/mol. The second-order valence-corrected chi connectivity index (χ2v) is 7.93. The van der Waals surface area contributed by atoms with Crippen molar-refractivity contribution in [1.29, 1.82) is 0 Å². The number of hydrogen-bond acceptors (Lipinski definition) is 2. The molecule has 0 saturated heterocycles. The van der Waals surface area contributed by atoms with Crippen LogP contribution in [0.1, 0.15) is 13.8 Å². The van der Waals surface area contributed by atoms with Gasteiger partial charge in [0.25, 0.3) is 0 Å². The minimum atomic E-state index is -2.66. The molecule has 14 heavy (non-hydrogen) atoms. The molecule has 0 bridgehead atoms. The maximum absolute atomic E-state index is 5.82. The van der Waals surface area contributed by atoms with E-state index in [9.17, 15) is 0 Å². The molecule has 0 aromatic heterocycles. The Bertz CT molecular complexity index is 255. The Balaban J connectivity index is 2.87. The predicted molar refractivity (Wildman–Crippen MR) is 55.2 cm³/mol. The van der Waals surface area contributed by atoms with E-state index in [1.807, 2.05) is 32.0 Å². The van der Waals surface area contributed by atoms with Crippen LogP contribution in [0.5, 0.6) is 0 Å². The summed E-state index contributed by atoms with van der Waals surface area (Å²) in [5, 5.41) is 2.14. The SMILES string of the molecule is CC[O][Ti]([CH3])([O]CC)[c]1ccccc1. The summed E-state index contributed by atoms with van der Waals surface area (Å²) in [6.45, 7) is 5.49. The van der Waals surface area contributed by atoms with Gasteiger partial charge in [-0.15, -0.1) is 0 Å². The van der Waals surface area contributed by atoms with Gasteiger partial charge in [-0.05, 0) is 0 Å². The molecule has 1 aromatic rings. The van der Waals surface area contributed by atoms with Gasteiger partial charge in [0.15, 0.2) is 0 Å². The van der Waals surface area contributed by atoms with E-state index in [-0.39, 0.29) is 0 Å². The standard InChI is InChI=1S/C6H5.2C2H5O.CH3.Ti/c1-2-4-6-5-3-1;2*1-2-3;;/h1-5H;2*2H2,1H3;1H3;/q;2*-1;;+2. The summed E-state index contributed by atoms with van der Waals surface area (Å²) in [4.78, 5) is 0. The third-order valence-corrected chi connectivity index (χ3v) is 6.92. The molecule has 0 atom stereocenters. The second-order valence-electron chi connectivity index (χ2n) is 3.18. The first-order chi connectivity index (χ1) is 6.73.